The molecule has 11 aromatic rings. The molecular formula is C51H35N5O. The first kappa shape index (κ1) is 31.9. The summed E-state index contributed by atoms with van der Waals surface area (Å²) in [6, 6.07) is 66.7. The molecular weight excluding hydrogens is 699 g/mol. The summed E-state index contributed by atoms with van der Waals surface area (Å²) in [6.07, 6.45) is -0.393. The van der Waals surface area contributed by atoms with Crippen molar-refractivity contribution in [1.29, 1.82) is 0 Å². The Morgan fingerprint density at radius 1 is 0.456 bits per heavy atom. The average molecular weight is 734 g/mol. The molecule has 0 fully saturated rings. The second-order valence-corrected chi connectivity index (χ2v) is 14.8. The van der Waals surface area contributed by atoms with Crippen LogP contribution >= 0.6 is 0 Å². The smallest absolute Gasteiger partial charge is 0.136 e. The average Bonchev–Trinajstić information content (AvgIpc) is 3.93. The predicted molar refractivity (Wildman–Crippen MR) is 234 cm³/mol. The molecule has 4 heterocycles. The van der Waals surface area contributed by atoms with Crippen LogP contribution in [0, 0.1) is 0 Å². The lowest BCUT2D eigenvalue weighted by molar-refractivity contribution is 0.409. The molecule has 0 aliphatic carbocycles. The fourth-order valence-corrected chi connectivity index (χ4v) is 9.02. The summed E-state index contributed by atoms with van der Waals surface area (Å²) >= 11 is 0. The molecule has 0 bridgehead atoms. The van der Waals surface area contributed by atoms with Crippen LogP contribution in [0.5, 0.6) is 0 Å². The van der Waals surface area contributed by atoms with Crippen LogP contribution in [0.2, 0.25) is 0 Å². The van der Waals surface area contributed by atoms with Gasteiger partial charge in [-0.25, -0.2) is 4.99 Å². The van der Waals surface area contributed by atoms with Crippen LogP contribution in [0.1, 0.15) is 29.0 Å². The molecule has 2 atom stereocenters. The predicted octanol–water partition coefficient (Wildman–Crippen LogP) is 12.1. The van der Waals surface area contributed by atoms with E-state index in [1.165, 1.54) is 27.1 Å². The number of aliphatic imine (C=N–C) groups is 1. The third kappa shape index (κ3) is 4.98. The summed E-state index contributed by atoms with van der Waals surface area (Å²) in [7, 11) is 0. The Morgan fingerprint density at radius 3 is 2.00 bits per heavy atom. The number of benzene rings is 8. The number of nitrogens with one attached hydrogen (secondary N) is 2. The van der Waals surface area contributed by atoms with Crippen LogP contribution in [-0.4, -0.2) is 15.0 Å². The van der Waals surface area contributed by atoms with Crippen molar-refractivity contribution in [3.8, 4) is 11.4 Å². The van der Waals surface area contributed by atoms with Crippen LogP contribution < -0.4 is 10.6 Å². The van der Waals surface area contributed by atoms with Crippen LogP contribution in [0.25, 0.3) is 76.9 Å². The van der Waals surface area contributed by atoms with E-state index in [-0.39, 0.29) is 12.3 Å². The third-order valence-corrected chi connectivity index (χ3v) is 11.6. The van der Waals surface area contributed by atoms with Gasteiger partial charge in [-0.1, -0.05) is 133 Å². The quantitative estimate of drug-likeness (QED) is 0.185. The molecule has 6 heteroatoms. The Hall–Kier alpha value is -7.41. The molecule has 12 rings (SSSR count). The molecule has 2 N–H and O–H groups in total. The van der Waals surface area contributed by atoms with E-state index in [4.69, 9.17) is 9.41 Å². The van der Waals surface area contributed by atoms with E-state index in [9.17, 15) is 0 Å². The van der Waals surface area contributed by atoms with Gasteiger partial charge in [0.25, 0.3) is 0 Å². The van der Waals surface area contributed by atoms with Gasteiger partial charge in [0.2, 0.25) is 0 Å². The number of hydrogen-bond donors (Lipinski definition) is 2. The minimum absolute atomic E-state index is 0.183. The lowest BCUT2D eigenvalue weighted by atomic mass is 10.1. The molecule has 8 aromatic carbocycles. The number of aromatic nitrogens is 2. The van der Waals surface area contributed by atoms with Gasteiger partial charge in [-0.2, -0.15) is 0 Å². The van der Waals surface area contributed by atoms with Crippen LogP contribution in [0.3, 0.4) is 0 Å². The van der Waals surface area contributed by atoms with Crippen molar-refractivity contribution in [3.05, 3.63) is 205 Å². The second kappa shape index (κ2) is 12.6. The standard InChI is InChI=1S/C51H35N5O/c1-4-15-32(16-5-1)49-52-50(33-17-6-2-7-18-33)54-51(53-49)34-19-14-22-36(29-34)55-42-25-12-10-24-39(42)47-43(55)28-27-38-40-31-46-41(37-23-11-13-26-45(37)57-46)30-44(40)56(48(38)47)35-20-8-3-9-21-35/h1-31,49,51,53H,(H,52,54). The summed E-state index contributed by atoms with van der Waals surface area (Å²) in [5.41, 5.74) is 11.9. The van der Waals surface area contributed by atoms with E-state index in [1.807, 2.05) is 18.2 Å². The van der Waals surface area contributed by atoms with Crippen LogP contribution in [0.15, 0.2) is 197 Å². The van der Waals surface area contributed by atoms with E-state index in [2.05, 4.69) is 190 Å². The SMILES string of the molecule is c1ccc(C2=NC(c3ccccc3)NC(c3cccc(-n4c5ccccc5c5c4ccc4c6cc7oc8ccccc8c7cc6n(-c6ccccc6)c45)c3)N2)cc1. The van der Waals surface area contributed by atoms with E-state index < -0.39 is 0 Å². The lowest BCUT2D eigenvalue weighted by Gasteiger charge is -2.32. The lowest BCUT2D eigenvalue weighted by Crippen LogP contribution is -2.45. The van der Waals surface area contributed by atoms with Gasteiger partial charge in [0.15, 0.2) is 0 Å². The summed E-state index contributed by atoms with van der Waals surface area (Å²) < 4.78 is 11.3. The molecule has 3 aromatic heterocycles. The molecule has 0 spiro atoms. The number of hydrogen-bond acceptors (Lipinski definition) is 4. The second-order valence-electron chi connectivity index (χ2n) is 14.8. The molecule has 270 valence electrons. The summed E-state index contributed by atoms with van der Waals surface area (Å²) in [5, 5.41) is 14.6. The zero-order valence-corrected chi connectivity index (χ0v) is 30.8. The van der Waals surface area contributed by atoms with Gasteiger partial charge < -0.3 is 18.9 Å². The minimum atomic E-state index is -0.210. The normalized spacial score (nSPS) is 15.9. The van der Waals surface area contributed by atoms with E-state index in [0.29, 0.717) is 0 Å². The Balaban J connectivity index is 1.08. The Morgan fingerprint density at radius 2 is 1.16 bits per heavy atom. The molecule has 0 amide bonds. The van der Waals surface area contributed by atoms with Gasteiger partial charge in [-0.15, -0.1) is 0 Å². The number of amidine groups is 1. The summed E-state index contributed by atoms with van der Waals surface area (Å²) in [5.74, 6) is 0.867. The highest BCUT2D eigenvalue weighted by molar-refractivity contribution is 6.27. The molecule has 57 heavy (non-hydrogen) atoms. The maximum atomic E-state index is 6.44. The van der Waals surface area contributed by atoms with Gasteiger partial charge in [0.05, 0.1) is 22.1 Å². The van der Waals surface area contributed by atoms with Crippen molar-refractivity contribution in [2.45, 2.75) is 12.3 Å². The Kier molecular flexibility index (Phi) is 7.03. The summed E-state index contributed by atoms with van der Waals surface area (Å²) in [4.78, 5) is 5.14. The van der Waals surface area contributed by atoms with Crippen molar-refractivity contribution < 1.29 is 4.42 Å². The number of nitrogens with zero attached hydrogens (tertiary/aromatic N) is 3. The van der Waals surface area contributed by atoms with Gasteiger partial charge in [0, 0.05) is 49.3 Å². The molecule has 0 radical (unpaired) electrons. The van der Waals surface area contributed by atoms with Crippen LogP contribution in [-0.2, 0) is 0 Å². The fourth-order valence-electron chi connectivity index (χ4n) is 9.02. The number of para-hydroxylation sites is 3. The van der Waals surface area contributed by atoms with Crippen molar-refractivity contribution in [2.24, 2.45) is 4.99 Å². The molecule has 0 saturated heterocycles. The van der Waals surface area contributed by atoms with Gasteiger partial charge in [-0.05, 0) is 65.7 Å². The van der Waals surface area contributed by atoms with Crippen molar-refractivity contribution in [1.82, 2.24) is 19.8 Å². The fraction of sp³-hybridized carbons (Fsp3) is 0.0392. The topological polar surface area (TPSA) is 59.4 Å². The first-order valence-electron chi connectivity index (χ1n) is 19.4. The molecule has 0 saturated carbocycles. The maximum absolute atomic E-state index is 6.44. The highest BCUT2D eigenvalue weighted by Crippen LogP contribution is 2.44. The van der Waals surface area contributed by atoms with Crippen molar-refractivity contribution in [3.63, 3.8) is 0 Å². The van der Waals surface area contributed by atoms with Crippen molar-refractivity contribution in [2.75, 3.05) is 0 Å². The summed E-state index contributed by atoms with van der Waals surface area (Å²) in [6.45, 7) is 0. The van der Waals surface area contributed by atoms with Crippen LogP contribution in [0.4, 0.5) is 0 Å². The monoisotopic (exact) mass is 733 g/mol. The van der Waals surface area contributed by atoms with E-state index >= 15 is 0 Å². The largest absolute Gasteiger partial charge is 0.456 e. The number of rotatable bonds is 5. The molecule has 6 nitrogen and oxygen atoms in total. The Labute approximate surface area is 327 Å². The first-order valence-corrected chi connectivity index (χ1v) is 19.4. The highest BCUT2D eigenvalue weighted by Gasteiger charge is 2.27. The van der Waals surface area contributed by atoms with Gasteiger partial charge >= 0.3 is 0 Å². The molecule has 1 aliphatic heterocycles. The number of fused-ring (bicyclic) bond motifs is 10. The highest BCUT2D eigenvalue weighted by atomic mass is 16.3. The minimum Gasteiger partial charge on any atom is -0.456 e. The van der Waals surface area contributed by atoms with Gasteiger partial charge in [0.1, 0.15) is 29.3 Å². The van der Waals surface area contributed by atoms with Gasteiger partial charge in [-0.3, -0.25) is 5.32 Å². The molecule has 1 aliphatic rings. The molecule has 2 unspecified atom stereocenters. The zero-order chi connectivity index (χ0) is 37.5. The first-order chi connectivity index (χ1) is 28.3. The van der Waals surface area contributed by atoms with Crippen molar-refractivity contribution >= 4 is 71.4 Å². The van der Waals surface area contributed by atoms with E-state index in [1.54, 1.807) is 0 Å². The number of furan rings is 1. The zero-order valence-electron chi connectivity index (χ0n) is 30.8. The van der Waals surface area contributed by atoms with E-state index in [0.717, 1.165) is 72.4 Å². The Bertz CT molecular complexity index is 3360. The third-order valence-electron chi connectivity index (χ3n) is 11.6. The maximum Gasteiger partial charge on any atom is 0.136 e.